The first-order chi connectivity index (χ1) is 12.6. The second-order valence-corrected chi connectivity index (χ2v) is 6.88. The van der Waals surface area contributed by atoms with Crippen LogP contribution in [0.1, 0.15) is 49.4 Å². The van der Waals surface area contributed by atoms with Gasteiger partial charge in [-0.15, -0.1) is 0 Å². The van der Waals surface area contributed by atoms with Crippen molar-refractivity contribution >= 4 is 17.8 Å². The number of nitrogens with zero attached hydrogens (tertiary/aromatic N) is 4. The molecule has 0 aromatic carbocycles. The Morgan fingerprint density at radius 3 is 2.46 bits per heavy atom. The van der Waals surface area contributed by atoms with Crippen LogP contribution in [0.3, 0.4) is 0 Å². The molecule has 0 bridgehead atoms. The predicted octanol–water partition coefficient (Wildman–Crippen LogP) is 1.77. The number of nitrogens with one attached hydrogen (secondary N) is 1. The molecule has 1 aromatic rings. The van der Waals surface area contributed by atoms with E-state index >= 15 is 0 Å². The van der Waals surface area contributed by atoms with Gasteiger partial charge in [0, 0.05) is 52.0 Å². The minimum atomic E-state index is -0.130. The van der Waals surface area contributed by atoms with Gasteiger partial charge in [-0.25, -0.2) is 9.97 Å². The molecule has 0 atom stereocenters. The van der Waals surface area contributed by atoms with Gasteiger partial charge >= 0.3 is 0 Å². The fraction of sp³-hybridized carbons (Fsp3) is 0.579. The Morgan fingerprint density at radius 2 is 1.85 bits per heavy atom. The molecule has 1 aliphatic carbocycles. The normalized spacial score (nSPS) is 17.7. The first kappa shape index (κ1) is 18.4. The Hall–Kier alpha value is -2.44. The van der Waals surface area contributed by atoms with E-state index in [9.17, 15) is 9.59 Å². The minimum Gasteiger partial charge on any atom is -0.352 e. The fourth-order valence-electron chi connectivity index (χ4n) is 3.39. The van der Waals surface area contributed by atoms with E-state index in [4.69, 9.17) is 0 Å². The fourth-order valence-corrected chi connectivity index (χ4v) is 3.39. The summed E-state index contributed by atoms with van der Waals surface area (Å²) in [6.45, 7) is 5.01. The van der Waals surface area contributed by atoms with E-state index in [-0.39, 0.29) is 11.8 Å². The van der Waals surface area contributed by atoms with Crippen molar-refractivity contribution in [3.8, 4) is 0 Å². The van der Waals surface area contributed by atoms with E-state index in [1.165, 1.54) is 24.8 Å². The number of hydrogen-bond donors (Lipinski definition) is 1. The van der Waals surface area contributed by atoms with E-state index in [0.717, 1.165) is 12.8 Å². The Balaban J connectivity index is 1.47. The third kappa shape index (κ3) is 4.80. The van der Waals surface area contributed by atoms with E-state index in [1.807, 2.05) is 9.80 Å². The number of amides is 2. The molecule has 2 amide bonds. The molecule has 3 rings (SSSR count). The van der Waals surface area contributed by atoms with Crippen LogP contribution in [0.2, 0.25) is 0 Å². The highest BCUT2D eigenvalue weighted by Gasteiger charge is 2.20. The Kier molecular flexibility index (Phi) is 6.20. The van der Waals surface area contributed by atoms with Gasteiger partial charge in [0.2, 0.25) is 11.9 Å². The molecule has 7 nitrogen and oxygen atoms in total. The quantitative estimate of drug-likeness (QED) is 0.813. The number of rotatable bonds is 5. The molecular weight excluding hydrogens is 330 g/mol. The highest BCUT2D eigenvalue weighted by atomic mass is 16.2. The van der Waals surface area contributed by atoms with Crippen molar-refractivity contribution in [2.45, 2.75) is 39.0 Å². The number of hydrogen-bond acceptors (Lipinski definition) is 5. The monoisotopic (exact) mass is 357 g/mol. The van der Waals surface area contributed by atoms with Crippen LogP contribution in [0.4, 0.5) is 5.95 Å². The van der Waals surface area contributed by atoms with E-state index in [1.54, 1.807) is 19.3 Å². The summed E-state index contributed by atoms with van der Waals surface area (Å²) in [5.41, 5.74) is 1.93. The van der Waals surface area contributed by atoms with Crippen molar-refractivity contribution < 1.29 is 9.59 Å². The zero-order chi connectivity index (χ0) is 18.4. The highest BCUT2D eigenvalue weighted by Crippen LogP contribution is 2.19. The average molecular weight is 357 g/mol. The molecule has 0 saturated carbocycles. The van der Waals surface area contributed by atoms with Crippen LogP contribution in [-0.4, -0.2) is 59.4 Å². The van der Waals surface area contributed by atoms with Crippen LogP contribution >= 0.6 is 0 Å². The smallest absolute Gasteiger partial charge is 0.254 e. The molecule has 0 spiro atoms. The molecule has 2 heterocycles. The van der Waals surface area contributed by atoms with Crippen molar-refractivity contribution in [1.29, 1.82) is 0 Å². The van der Waals surface area contributed by atoms with Crippen molar-refractivity contribution in [3.63, 3.8) is 0 Å². The average Bonchev–Trinajstić information content (AvgIpc) is 2.69. The summed E-state index contributed by atoms with van der Waals surface area (Å²) in [6.07, 6.45) is 11.2. The Labute approximate surface area is 154 Å². The molecule has 1 saturated heterocycles. The van der Waals surface area contributed by atoms with Crippen LogP contribution in [-0.2, 0) is 4.79 Å². The molecular formula is C19H27N5O2. The summed E-state index contributed by atoms with van der Waals surface area (Å²) in [7, 11) is 0. The zero-order valence-electron chi connectivity index (χ0n) is 15.4. The Bertz CT molecular complexity index is 663. The number of allylic oxidation sites excluding steroid dienone is 1. The molecule has 1 fully saturated rings. The Morgan fingerprint density at radius 1 is 1.12 bits per heavy atom. The van der Waals surface area contributed by atoms with Crippen LogP contribution in [0.15, 0.2) is 24.0 Å². The second-order valence-electron chi connectivity index (χ2n) is 6.88. The molecule has 1 aromatic heterocycles. The van der Waals surface area contributed by atoms with Crippen LogP contribution in [0.5, 0.6) is 0 Å². The van der Waals surface area contributed by atoms with E-state index in [2.05, 4.69) is 21.4 Å². The number of carbonyl (C=O) groups excluding carboxylic acids is 2. The van der Waals surface area contributed by atoms with Gasteiger partial charge in [-0.05, 0) is 32.1 Å². The van der Waals surface area contributed by atoms with Gasteiger partial charge in [-0.1, -0.05) is 11.6 Å². The number of carbonyl (C=O) groups is 2. The summed E-state index contributed by atoms with van der Waals surface area (Å²) in [4.78, 5) is 36.1. The summed E-state index contributed by atoms with van der Waals surface area (Å²) in [5, 5.41) is 2.95. The first-order valence-corrected chi connectivity index (χ1v) is 9.42. The number of aromatic nitrogens is 2. The minimum absolute atomic E-state index is 0.0987. The first-order valence-electron chi connectivity index (χ1n) is 9.42. The van der Waals surface area contributed by atoms with Gasteiger partial charge in [0.05, 0.1) is 5.56 Å². The number of anilines is 1. The molecule has 26 heavy (non-hydrogen) atoms. The van der Waals surface area contributed by atoms with Crippen molar-refractivity contribution in [2.24, 2.45) is 0 Å². The lowest BCUT2D eigenvalue weighted by molar-refractivity contribution is -0.129. The summed E-state index contributed by atoms with van der Waals surface area (Å²) >= 11 is 0. The lowest BCUT2D eigenvalue weighted by Crippen LogP contribution is -2.48. The predicted molar refractivity (Wildman–Crippen MR) is 100 cm³/mol. The largest absolute Gasteiger partial charge is 0.352 e. The van der Waals surface area contributed by atoms with Crippen molar-refractivity contribution in [1.82, 2.24) is 20.2 Å². The van der Waals surface area contributed by atoms with Crippen LogP contribution in [0, 0.1) is 0 Å². The third-order valence-electron chi connectivity index (χ3n) is 5.02. The van der Waals surface area contributed by atoms with Crippen LogP contribution < -0.4 is 10.2 Å². The maximum atomic E-state index is 12.2. The lowest BCUT2D eigenvalue weighted by Gasteiger charge is -2.34. The molecule has 2 aliphatic rings. The van der Waals surface area contributed by atoms with Gasteiger partial charge < -0.3 is 15.1 Å². The highest BCUT2D eigenvalue weighted by molar-refractivity contribution is 5.93. The van der Waals surface area contributed by atoms with Gasteiger partial charge in [-0.2, -0.15) is 0 Å². The maximum absolute atomic E-state index is 12.2. The summed E-state index contributed by atoms with van der Waals surface area (Å²) in [5.74, 6) is 0.577. The van der Waals surface area contributed by atoms with Gasteiger partial charge in [0.15, 0.2) is 0 Å². The second kappa shape index (κ2) is 8.78. The van der Waals surface area contributed by atoms with Crippen LogP contribution in [0.25, 0.3) is 0 Å². The number of piperazine rings is 1. The van der Waals surface area contributed by atoms with Crippen molar-refractivity contribution in [2.75, 3.05) is 37.6 Å². The molecule has 0 radical (unpaired) electrons. The molecule has 1 aliphatic heterocycles. The van der Waals surface area contributed by atoms with E-state index < -0.39 is 0 Å². The SMILES string of the molecule is CC(=O)N1CCN(c2ncc(C(=O)NCCC3=CCCCC3)cn2)CC1. The van der Waals surface area contributed by atoms with Gasteiger partial charge in [-0.3, -0.25) is 9.59 Å². The molecule has 7 heteroatoms. The molecule has 0 unspecified atom stereocenters. The topological polar surface area (TPSA) is 78.4 Å². The standard InChI is InChI=1S/C19H27N5O2/c1-15(25)23-9-11-24(12-10-23)19-21-13-17(14-22-19)18(26)20-8-7-16-5-3-2-4-6-16/h5,13-14H,2-4,6-12H2,1H3,(H,20,26). The van der Waals surface area contributed by atoms with Gasteiger partial charge in [0.25, 0.3) is 5.91 Å². The van der Waals surface area contributed by atoms with E-state index in [0.29, 0.717) is 44.2 Å². The van der Waals surface area contributed by atoms with Gasteiger partial charge in [0.1, 0.15) is 0 Å². The molecule has 140 valence electrons. The summed E-state index contributed by atoms with van der Waals surface area (Å²) < 4.78 is 0. The zero-order valence-corrected chi connectivity index (χ0v) is 15.4. The maximum Gasteiger partial charge on any atom is 0.254 e. The molecule has 1 N–H and O–H groups in total. The lowest BCUT2D eigenvalue weighted by atomic mass is 9.97. The third-order valence-corrected chi connectivity index (χ3v) is 5.02. The van der Waals surface area contributed by atoms with Crippen molar-refractivity contribution in [3.05, 3.63) is 29.6 Å². The summed E-state index contributed by atoms with van der Waals surface area (Å²) in [6, 6.07) is 0.